The standard InChI is InChI=1S/C10H10BrN3O2S/c1-14(5-8-4-7(11)6-17-8)10(16)9(15)13-3-2-12/h4,6H,3,5H2,1H3,(H,13,15). The molecule has 0 unspecified atom stereocenters. The topological polar surface area (TPSA) is 73.2 Å². The molecule has 0 radical (unpaired) electrons. The van der Waals surface area contributed by atoms with Gasteiger partial charge in [-0.1, -0.05) is 0 Å². The minimum atomic E-state index is -0.760. The van der Waals surface area contributed by atoms with E-state index in [-0.39, 0.29) is 6.54 Å². The van der Waals surface area contributed by atoms with Gasteiger partial charge in [-0.25, -0.2) is 0 Å². The summed E-state index contributed by atoms with van der Waals surface area (Å²) in [6.45, 7) is 0.206. The predicted octanol–water partition coefficient (Wildman–Crippen LogP) is 1.11. The third-order valence-electron chi connectivity index (χ3n) is 1.88. The molecule has 0 saturated heterocycles. The van der Waals surface area contributed by atoms with E-state index in [0.29, 0.717) is 6.54 Å². The molecule has 0 saturated carbocycles. The van der Waals surface area contributed by atoms with Gasteiger partial charge in [0.1, 0.15) is 6.54 Å². The van der Waals surface area contributed by atoms with E-state index in [4.69, 9.17) is 5.26 Å². The maximum Gasteiger partial charge on any atom is 0.311 e. The number of nitrogens with one attached hydrogen (secondary N) is 1. The summed E-state index contributed by atoms with van der Waals surface area (Å²) >= 11 is 4.81. The smallest absolute Gasteiger partial charge is 0.311 e. The highest BCUT2D eigenvalue weighted by molar-refractivity contribution is 9.10. The number of thiophene rings is 1. The molecule has 1 N–H and O–H groups in total. The Morgan fingerprint density at radius 2 is 2.35 bits per heavy atom. The lowest BCUT2D eigenvalue weighted by atomic mass is 10.4. The maximum absolute atomic E-state index is 11.6. The first-order valence-electron chi connectivity index (χ1n) is 4.67. The van der Waals surface area contributed by atoms with Crippen LogP contribution in [-0.2, 0) is 16.1 Å². The van der Waals surface area contributed by atoms with Gasteiger partial charge in [-0.15, -0.1) is 11.3 Å². The normalized spacial score (nSPS) is 9.47. The number of likely N-dealkylation sites (N-methyl/N-ethyl adjacent to an activating group) is 1. The van der Waals surface area contributed by atoms with E-state index in [1.807, 2.05) is 11.4 Å². The molecule has 1 aromatic heterocycles. The Labute approximate surface area is 111 Å². The number of hydrogen-bond acceptors (Lipinski definition) is 4. The van der Waals surface area contributed by atoms with Gasteiger partial charge in [0.15, 0.2) is 0 Å². The highest BCUT2D eigenvalue weighted by atomic mass is 79.9. The fraction of sp³-hybridized carbons (Fsp3) is 0.300. The molecule has 0 aliphatic heterocycles. The molecule has 0 fully saturated rings. The van der Waals surface area contributed by atoms with Crippen LogP contribution in [0, 0.1) is 11.3 Å². The zero-order valence-corrected chi connectivity index (χ0v) is 11.5. The zero-order chi connectivity index (χ0) is 12.8. The second-order valence-corrected chi connectivity index (χ2v) is 5.14. The number of hydrogen-bond donors (Lipinski definition) is 1. The lowest BCUT2D eigenvalue weighted by molar-refractivity contribution is -0.145. The Hall–Kier alpha value is -1.39. The van der Waals surface area contributed by atoms with Gasteiger partial charge in [0.05, 0.1) is 12.6 Å². The largest absolute Gasteiger partial charge is 0.335 e. The van der Waals surface area contributed by atoms with Crippen molar-refractivity contribution in [3.8, 4) is 6.07 Å². The van der Waals surface area contributed by atoms with Crippen LogP contribution in [0.5, 0.6) is 0 Å². The minimum absolute atomic E-state index is 0.164. The fourth-order valence-corrected chi connectivity index (χ4v) is 2.61. The van der Waals surface area contributed by atoms with Crippen LogP contribution in [0.1, 0.15) is 4.88 Å². The van der Waals surface area contributed by atoms with Crippen LogP contribution in [0.4, 0.5) is 0 Å². The molecule has 0 bridgehead atoms. The molecular weight excluding hydrogens is 306 g/mol. The highest BCUT2D eigenvalue weighted by Crippen LogP contribution is 2.20. The van der Waals surface area contributed by atoms with Crippen LogP contribution >= 0.6 is 27.3 Å². The second kappa shape index (κ2) is 6.37. The first kappa shape index (κ1) is 13.7. The molecule has 0 aliphatic rings. The van der Waals surface area contributed by atoms with E-state index in [1.165, 1.54) is 16.2 Å². The van der Waals surface area contributed by atoms with Crippen molar-refractivity contribution in [1.82, 2.24) is 10.2 Å². The van der Waals surface area contributed by atoms with E-state index in [0.717, 1.165) is 9.35 Å². The summed E-state index contributed by atoms with van der Waals surface area (Å²) in [4.78, 5) is 25.1. The van der Waals surface area contributed by atoms with Crippen LogP contribution in [0.25, 0.3) is 0 Å². The van der Waals surface area contributed by atoms with Gasteiger partial charge in [0.25, 0.3) is 0 Å². The molecule has 1 rings (SSSR count). The Balaban J connectivity index is 2.53. The second-order valence-electron chi connectivity index (χ2n) is 3.23. The number of carbonyl (C=O) groups excluding carboxylic acids is 2. The van der Waals surface area contributed by atoms with E-state index in [2.05, 4.69) is 21.2 Å². The van der Waals surface area contributed by atoms with Crippen molar-refractivity contribution < 1.29 is 9.59 Å². The Morgan fingerprint density at radius 1 is 1.65 bits per heavy atom. The van der Waals surface area contributed by atoms with Crippen LogP contribution in [0.15, 0.2) is 15.9 Å². The molecule has 0 spiro atoms. The number of halogens is 1. The zero-order valence-electron chi connectivity index (χ0n) is 9.07. The van der Waals surface area contributed by atoms with Gasteiger partial charge in [0, 0.05) is 21.8 Å². The third-order valence-corrected chi connectivity index (χ3v) is 3.57. The van der Waals surface area contributed by atoms with Gasteiger partial charge < -0.3 is 10.2 Å². The van der Waals surface area contributed by atoms with E-state index in [9.17, 15) is 9.59 Å². The molecule has 0 aromatic carbocycles. The number of amides is 2. The lowest BCUT2D eigenvalue weighted by Crippen LogP contribution is -2.40. The molecular formula is C10H10BrN3O2S. The van der Waals surface area contributed by atoms with Crippen molar-refractivity contribution in [1.29, 1.82) is 5.26 Å². The van der Waals surface area contributed by atoms with Gasteiger partial charge >= 0.3 is 11.8 Å². The summed E-state index contributed by atoms with van der Waals surface area (Å²) in [5.74, 6) is -1.41. The summed E-state index contributed by atoms with van der Waals surface area (Å²) in [6.07, 6.45) is 0. The predicted molar refractivity (Wildman–Crippen MR) is 67.1 cm³/mol. The summed E-state index contributed by atoms with van der Waals surface area (Å²) in [5, 5.41) is 12.4. The number of nitrogens with zero attached hydrogens (tertiary/aromatic N) is 2. The minimum Gasteiger partial charge on any atom is -0.335 e. The van der Waals surface area contributed by atoms with Crippen LogP contribution < -0.4 is 5.32 Å². The number of nitriles is 1. The molecule has 0 aliphatic carbocycles. The third kappa shape index (κ3) is 4.17. The maximum atomic E-state index is 11.6. The average molecular weight is 316 g/mol. The summed E-state index contributed by atoms with van der Waals surface area (Å²) in [6, 6.07) is 3.63. The Bertz CT molecular complexity index is 466. The fourth-order valence-electron chi connectivity index (χ4n) is 1.11. The van der Waals surface area contributed by atoms with Crippen molar-refractivity contribution >= 4 is 39.1 Å². The van der Waals surface area contributed by atoms with Gasteiger partial charge in [0.2, 0.25) is 0 Å². The molecule has 1 aromatic rings. The molecule has 90 valence electrons. The first-order chi connectivity index (χ1) is 8.04. The van der Waals surface area contributed by atoms with Crippen molar-refractivity contribution in [2.45, 2.75) is 6.54 Å². The molecule has 1 heterocycles. The number of rotatable bonds is 3. The van der Waals surface area contributed by atoms with Gasteiger partial charge in [-0.05, 0) is 22.0 Å². The molecule has 7 heteroatoms. The first-order valence-corrected chi connectivity index (χ1v) is 6.35. The van der Waals surface area contributed by atoms with Crippen LogP contribution in [-0.4, -0.2) is 30.3 Å². The summed E-state index contributed by atoms with van der Waals surface area (Å²) in [7, 11) is 1.54. The van der Waals surface area contributed by atoms with Crippen LogP contribution in [0.2, 0.25) is 0 Å². The van der Waals surface area contributed by atoms with Crippen molar-refractivity contribution in [2.24, 2.45) is 0 Å². The lowest BCUT2D eigenvalue weighted by Gasteiger charge is -2.14. The molecule has 17 heavy (non-hydrogen) atoms. The quantitative estimate of drug-likeness (QED) is 0.670. The van der Waals surface area contributed by atoms with E-state index in [1.54, 1.807) is 13.1 Å². The highest BCUT2D eigenvalue weighted by Gasteiger charge is 2.18. The van der Waals surface area contributed by atoms with E-state index < -0.39 is 11.8 Å². The summed E-state index contributed by atoms with van der Waals surface area (Å²) < 4.78 is 0.951. The molecule has 2 amide bonds. The van der Waals surface area contributed by atoms with Crippen molar-refractivity contribution in [3.63, 3.8) is 0 Å². The van der Waals surface area contributed by atoms with Gasteiger partial charge in [-0.3, -0.25) is 9.59 Å². The SMILES string of the molecule is CN(Cc1cc(Br)cs1)C(=O)C(=O)NCC#N. The monoisotopic (exact) mass is 315 g/mol. The van der Waals surface area contributed by atoms with Crippen LogP contribution in [0.3, 0.4) is 0 Å². The Kier molecular flexibility index (Phi) is 5.12. The van der Waals surface area contributed by atoms with E-state index >= 15 is 0 Å². The Morgan fingerprint density at radius 3 is 2.88 bits per heavy atom. The average Bonchev–Trinajstić information content (AvgIpc) is 2.70. The van der Waals surface area contributed by atoms with Gasteiger partial charge in [-0.2, -0.15) is 5.26 Å². The summed E-state index contributed by atoms with van der Waals surface area (Å²) in [5.41, 5.74) is 0. The molecule has 0 atom stereocenters. The molecule has 5 nitrogen and oxygen atoms in total. The van der Waals surface area contributed by atoms with Crippen molar-refractivity contribution in [2.75, 3.05) is 13.6 Å². The van der Waals surface area contributed by atoms with Crippen molar-refractivity contribution in [3.05, 3.63) is 20.8 Å². The number of carbonyl (C=O) groups is 2.